The van der Waals surface area contributed by atoms with Gasteiger partial charge in [-0.1, -0.05) is 36.4 Å². The first-order chi connectivity index (χ1) is 10.6. The maximum atomic E-state index is 13.3. The summed E-state index contributed by atoms with van der Waals surface area (Å²) in [4.78, 5) is 0. The average Bonchev–Trinajstić information content (AvgIpc) is 2.52. The lowest BCUT2D eigenvalue weighted by atomic mass is 10.0. The van der Waals surface area contributed by atoms with Gasteiger partial charge >= 0.3 is 0 Å². The number of amidine groups is 1. The van der Waals surface area contributed by atoms with E-state index in [1.165, 1.54) is 0 Å². The highest BCUT2D eigenvalue weighted by atomic mass is 31.2. The van der Waals surface area contributed by atoms with Crippen molar-refractivity contribution in [1.29, 1.82) is 5.41 Å². The van der Waals surface area contributed by atoms with Crippen LogP contribution in [0.3, 0.4) is 0 Å². The Labute approximate surface area is 129 Å². The van der Waals surface area contributed by atoms with Crippen LogP contribution in [0.25, 0.3) is 11.1 Å². The number of benzene rings is 2. The van der Waals surface area contributed by atoms with Crippen molar-refractivity contribution in [2.75, 3.05) is 12.8 Å². The van der Waals surface area contributed by atoms with E-state index in [1.54, 1.807) is 0 Å². The smallest absolute Gasteiger partial charge is 0.278 e. The van der Waals surface area contributed by atoms with Gasteiger partial charge in [0.05, 0.1) is 11.9 Å². The van der Waals surface area contributed by atoms with Crippen LogP contribution in [0.2, 0.25) is 0 Å². The summed E-state index contributed by atoms with van der Waals surface area (Å²) in [6.45, 7) is 0.256. The fraction of sp³-hybridized carbons (Fsp3) is 0.188. The Kier molecular flexibility index (Phi) is 3.90. The molecule has 1 unspecified atom stereocenters. The molecule has 6 heteroatoms. The Balaban J connectivity index is 1.90. The predicted octanol–water partition coefficient (Wildman–Crippen LogP) is 2.95. The molecule has 1 atom stereocenters. The first-order valence-electron chi connectivity index (χ1n) is 7.05. The zero-order valence-corrected chi connectivity index (χ0v) is 12.9. The van der Waals surface area contributed by atoms with Crippen molar-refractivity contribution in [3.63, 3.8) is 0 Å². The predicted molar refractivity (Wildman–Crippen MR) is 87.1 cm³/mol. The normalized spacial score (nSPS) is 18.7. The van der Waals surface area contributed by atoms with E-state index in [-0.39, 0.29) is 12.6 Å². The largest absolute Gasteiger partial charge is 0.466 e. The van der Waals surface area contributed by atoms with Crippen LogP contribution in [0.1, 0.15) is 6.42 Å². The molecule has 1 aliphatic rings. The van der Waals surface area contributed by atoms with Gasteiger partial charge in [-0.2, -0.15) is 0 Å². The summed E-state index contributed by atoms with van der Waals surface area (Å²) in [6, 6.07) is 14.9. The van der Waals surface area contributed by atoms with E-state index in [4.69, 9.17) is 20.4 Å². The van der Waals surface area contributed by atoms with Crippen LogP contribution >= 0.6 is 7.37 Å². The van der Waals surface area contributed by atoms with Crippen LogP contribution in [-0.4, -0.2) is 18.8 Å². The summed E-state index contributed by atoms with van der Waals surface area (Å²) in [6.07, 6.45) is 0.860. The minimum absolute atomic E-state index is 0.256. The third kappa shape index (κ3) is 2.72. The molecule has 3 N–H and O–H groups in total. The van der Waals surface area contributed by atoms with Crippen molar-refractivity contribution >= 4 is 18.7 Å². The molecule has 22 heavy (non-hydrogen) atoms. The summed E-state index contributed by atoms with van der Waals surface area (Å²) in [7, 11) is -2.99. The van der Waals surface area contributed by atoms with Gasteiger partial charge in [0, 0.05) is 11.7 Å². The highest BCUT2D eigenvalue weighted by Gasteiger charge is 2.35. The van der Waals surface area contributed by atoms with Gasteiger partial charge < -0.3 is 15.0 Å². The van der Waals surface area contributed by atoms with E-state index < -0.39 is 7.37 Å². The van der Waals surface area contributed by atoms with Crippen molar-refractivity contribution in [2.45, 2.75) is 6.42 Å². The molecule has 0 fully saturated rings. The fourth-order valence-corrected chi connectivity index (χ4v) is 4.92. The number of nitrogens with one attached hydrogen (secondary N) is 1. The van der Waals surface area contributed by atoms with Gasteiger partial charge in [-0.25, -0.2) is 0 Å². The summed E-state index contributed by atoms with van der Waals surface area (Å²) < 4.78 is 24.1. The first kappa shape index (κ1) is 14.7. The van der Waals surface area contributed by atoms with Crippen molar-refractivity contribution in [1.82, 2.24) is 0 Å². The van der Waals surface area contributed by atoms with Crippen LogP contribution in [0.5, 0.6) is 5.75 Å². The Morgan fingerprint density at radius 3 is 2.59 bits per heavy atom. The Bertz CT molecular complexity index is 761. The van der Waals surface area contributed by atoms with Gasteiger partial charge in [-0.05, 0) is 24.1 Å². The Morgan fingerprint density at radius 1 is 1.14 bits per heavy atom. The van der Waals surface area contributed by atoms with Crippen molar-refractivity contribution < 1.29 is 13.8 Å². The monoisotopic (exact) mass is 316 g/mol. The van der Waals surface area contributed by atoms with Gasteiger partial charge in [-0.15, -0.1) is 0 Å². The SMILES string of the molecule is N=C(N)OCCCP1(=O)Oc2ccccc2-c2ccccc21. The van der Waals surface area contributed by atoms with Gasteiger partial charge in [0.1, 0.15) is 5.75 Å². The molecule has 0 saturated carbocycles. The van der Waals surface area contributed by atoms with Gasteiger partial charge in [0.25, 0.3) is 13.4 Å². The standard InChI is InChI=1S/C16H17N2O3P/c17-16(18)20-10-5-11-22(19)15-9-4-2-7-13(15)12-6-1-3-8-14(12)21-22/h1-4,6-9H,5,10-11H2,(H3,17,18). The third-order valence-corrected chi connectivity index (χ3v) is 6.07. The summed E-state index contributed by atoms with van der Waals surface area (Å²) >= 11 is 0. The molecule has 0 bridgehead atoms. The molecular formula is C16H17N2O3P. The van der Waals surface area contributed by atoms with E-state index >= 15 is 0 Å². The molecule has 3 rings (SSSR count). The maximum absolute atomic E-state index is 13.3. The molecule has 0 aromatic heterocycles. The van der Waals surface area contributed by atoms with Crippen LogP contribution in [0.15, 0.2) is 48.5 Å². The molecule has 0 saturated heterocycles. The molecule has 2 aromatic rings. The number of hydrogen-bond acceptors (Lipinski definition) is 4. The third-order valence-electron chi connectivity index (χ3n) is 3.55. The minimum Gasteiger partial charge on any atom is -0.466 e. The highest BCUT2D eigenvalue weighted by Crippen LogP contribution is 2.54. The van der Waals surface area contributed by atoms with Crippen molar-refractivity contribution in [2.24, 2.45) is 5.73 Å². The molecule has 114 valence electrons. The molecule has 0 amide bonds. The Morgan fingerprint density at radius 2 is 1.82 bits per heavy atom. The number of para-hydroxylation sites is 1. The lowest BCUT2D eigenvalue weighted by Gasteiger charge is -2.28. The van der Waals surface area contributed by atoms with Crippen LogP contribution < -0.4 is 15.6 Å². The van der Waals surface area contributed by atoms with E-state index in [0.717, 1.165) is 16.4 Å². The molecule has 2 aromatic carbocycles. The fourth-order valence-electron chi connectivity index (χ4n) is 2.60. The zero-order chi connectivity index (χ0) is 15.6. The number of rotatable bonds is 4. The molecule has 0 aliphatic carbocycles. The molecule has 0 spiro atoms. The first-order valence-corrected chi connectivity index (χ1v) is 8.86. The summed E-state index contributed by atoms with van der Waals surface area (Å²) in [5.74, 6) is 0.650. The van der Waals surface area contributed by atoms with Crippen molar-refractivity contribution in [3.05, 3.63) is 48.5 Å². The minimum atomic E-state index is -2.99. The van der Waals surface area contributed by atoms with E-state index in [9.17, 15) is 4.57 Å². The number of ether oxygens (including phenoxy) is 1. The van der Waals surface area contributed by atoms with Gasteiger partial charge in [0.15, 0.2) is 0 Å². The van der Waals surface area contributed by atoms with Gasteiger partial charge in [-0.3, -0.25) is 9.97 Å². The van der Waals surface area contributed by atoms with E-state index in [0.29, 0.717) is 18.3 Å². The lowest BCUT2D eigenvalue weighted by molar-refractivity contribution is 0.296. The number of nitrogens with two attached hydrogens (primary N) is 1. The molecule has 0 radical (unpaired) electrons. The Hall–Kier alpha value is -2.26. The van der Waals surface area contributed by atoms with E-state index in [1.807, 2.05) is 48.5 Å². The quantitative estimate of drug-likeness (QED) is 0.393. The van der Waals surface area contributed by atoms with Crippen LogP contribution in [0, 0.1) is 5.41 Å². The number of hydrogen-bond donors (Lipinski definition) is 2. The molecular weight excluding hydrogens is 299 g/mol. The summed E-state index contributed by atoms with van der Waals surface area (Å²) in [5, 5.41) is 7.78. The number of fused-ring (bicyclic) bond motifs is 3. The van der Waals surface area contributed by atoms with Crippen LogP contribution in [0.4, 0.5) is 0 Å². The average molecular weight is 316 g/mol. The lowest BCUT2D eigenvalue weighted by Crippen LogP contribution is -2.21. The summed E-state index contributed by atoms with van der Waals surface area (Å²) in [5.41, 5.74) is 7.07. The maximum Gasteiger partial charge on any atom is 0.278 e. The molecule has 1 heterocycles. The molecule has 5 nitrogen and oxygen atoms in total. The zero-order valence-electron chi connectivity index (χ0n) is 12.0. The second kappa shape index (κ2) is 5.85. The van der Waals surface area contributed by atoms with Crippen molar-refractivity contribution in [3.8, 4) is 16.9 Å². The molecule has 1 aliphatic heterocycles. The second-order valence-corrected chi connectivity index (χ2v) is 7.53. The van der Waals surface area contributed by atoms with Crippen LogP contribution in [-0.2, 0) is 9.30 Å². The second-order valence-electron chi connectivity index (χ2n) is 5.07. The van der Waals surface area contributed by atoms with E-state index in [2.05, 4.69) is 0 Å². The van der Waals surface area contributed by atoms with Gasteiger partial charge in [0.2, 0.25) is 0 Å². The topological polar surface area (TPSA) is 85.4 Å². The highest BCUT2D eigenvalue weighted by molar-refractivity contribution is 7.67.